The number of nitrogens with zero attached hydrogens (tertiary/aromatic N) is 3. The molecule has 5 rings (SSSR count). The van der Waals surface area contributed by atoms with Crippen LogP contribution in [0.5, 0.6) is 0 Å². The molecule has 3 aromatic rings. The zero-order valence-electron chi connectivity index (χ0n) is 16.6. The molecule has 2 aliphatic heterocycles. The van der Waals surface area contributed by atoms with Crippen molar-refractivity contribution in [3.05, 3.63) is 77.4 Å². The molecule has 2 aromatic carbocycles. The van der Waals surface area contributed by atoms with E-state index in [4.69, 9.17) is 4.74 Å². The number of aromatic nitrogens is 2. The maximum Gasteiger partial charge on any atom is 0.151 e. The van der Waals surface area contributed by atoms with Crippen molar-refractivity contribution in [3.63, 3.8) is 0 Å². The van der Waals surface area contributed by atoms with Gasteiger partial charge in [0, 0.05) is 31.1 Å². The van der Waals surface area contributed by atoms with Gasteiger partial charge in [0.15, 0.2) is 5.82 Å². The van der Waals surface area contributed by atoms with E-state index in [0.29, 0.717) is 5.92 Å². The van der Waals surface area contributed by atoms with E-state index >= 15 is 0 Å². The Bertz CT molecular complexity index is 952. The van der Waals surface area contributed by atoms with Crippen LogP contribution in [-0.4, -0.2) is 43.0 Å². The molecule has 148 valence electrons. The first-order chi connectivity index (χ1) is 14.4. The SMILES string of the molecule is c1ccc(C2CCNCc3cc(-c4ccc(N5CCOCC5)nn4)ccc32)cc1. The van der Waals surface area contributed by atoms with Crippen molar-refractivity contribution in [1.29, 1.82) is 0 Å². The highest BCUT2D eigenvalue weighted by Crippen LogP contribution is 2.34. The van der Waals surface area contributed by atoms with Crippen LogP contribution in [0.1, 0.15) is 29.0 Å². The fraction of sp³-hybridized carbons (Fsp3) is 0.333. The minimum Gasteiger partial charge on any atom is -0.378 e. The van der Waals surface area contributed by atoms with Crippen LogP contribution in [0.4, 0.5) is 5.82 Å². The molecule has 2 aliphatic rings. The molecule has 0 bridgehead atoms. The molecule has 1 saturated heterocycles. The summed E-state index contributed by atoms with van der Waals surface area (Å²) < 4.78 is 5.42. The van der Waals surface area contributed by atoms with Gasteiger partial charge in [-0.25, -0.2) is 0 Å². The number of anilines is 1. The monoisotopic (exact) mass is 386 g/mol. The fourth-order valence-corrected chi connectivity index (χ4v) is 4.35. The molecule has 1 atom stereocenters. The lowest BCUT2D eigenvalue weighted by Crippen LogP contribution is -2.36. The van der Waals surface area contributed by atoms with Crippen LogP contribution in [-0.2, 0) is 11.3 Å². The van der Waals surface area contributed by atoms with Crippen LogP contribution in [0.15, 0.2) is 60.7 Å². The smallest absolute Gasteiger partial charge is 0.151 e. The third-order valence-corrected chi connectivity index (χ3v) is 5.93. The molecule has 3 heterocycles. The molecule has 0 radical (unpaired) electrons. The van der Waals surface area contributed by atoms with E-state index in [2.05, 4.69) is 81.1 Å². The van der Waals surface area contributed by atoms with Gasteiger partial charge in [-0.05, 0) is 47.9 Å². The second kappa shape index (κ2) is 8.31. The molecular weight excluding hydrogens is 360 g/mol. The van der Waals surface area contributed by atoms with Gasteiger partial charge in [-0.3, -0.25) is 0 Å². The maximum absolute atomic E-state index is 5.42. The van der Waals surface area contributed by atoms with Gasteiger partial charge >= 0.3 is 0 Å². The summed E-state index contributed by atoms with van der Waals surface area (Å²) in [5, 5.41) is 12.6. The van der Waals surface area contributed by atoms with Crippen molar-refractivity contribution in [2.45, 2.75) is 18.9 Å². The van der Waals surface area contributed by atoms with Gasteiger partial charge < -0.3 is 15.0 Å². The van der Waals surface area contributed by atoms with Crippen molar-refractivity contribution in [1.82, 2.24) is 15.5 Å². The van der Waals surface area contributed by atoms with E-state index < -0.39 is 0 Å². The fourth-order valence-electron chi connectivity index (χ4n) is 4.35. The molecule has 0 amide bonds. The summed E-state index contributed by atoms with van der Waals surface area (Å²) in [5.74, 6) is 1.36. The molecule has 1 N–H and O–H groups in total. The van der Waals surface area contributed by atoms with Crippen LogP contribution < -0.4 is 10.2 Å². The van der Waals surface area contributed by atoms with Crippen molar-refractivity contribution < 1.29 is 4.74 Å². The van der Waals surface area contributed by atoms with Gasteiger partial charge in [-0.2, -0.15) is 0 Å². The Labute approximate surface area is 171 Å². The first kappa shape index (κ1) is 18.3. The number of morpholine rings is 1. The number of rotatable bonds is 3. The summed E-state index contributed by atoms with van der Waals surface area (Å²) in [6, 6.07) is 21.7. The molecule has 0 saturated carbocycles. The van der Waals surface area contributed by atoms with E-state index in [1.807, 2.05) is 0 Å². The number of fused-ring (bicyclic) bond motifs is 1. The molecule has 29 heavy (non-hydrogen) atoms. The molecule has 1 aromatic heterocycles. The van der Waals surface area contributed by atoms with Crippen molar-refractivity contribution in [3.8, 4) is 11.3 Å². The molecule has 0 spiro atoms. The first-order valence-electron chi connectivity index (χ1n) is 10.4. The Balaban J connectivity index is 1.43. The zero-order chi connectivity index (χ0) is 19.5. The highest BCUT2D eigenvalue weighted by molar-refractivity contribution is 5.62. The Kier molecular flexibility index (Phi) is 5.24. The zero-order valence-corrected chi connectivity index (χ0v) is 16.6. The van der Waals surface area contributed by atoms with E-state index in [9.17, 15) is 0 Å². The molecule has 5 nitrogen and oxygen atoms in total. The molecule has 1 unspecified atom stereocenters. The average molecular weight is 386 g/mol. The normalized spacial score (nSPS) is 19.4. The Morgan fingerprint density at radius 3 is 2.59 bits per heavy atom. The van der Waals surface area contributed by atoms with Crippen molar-refractivity contribution in [2.24, 2.45) is 0 Å². The second-order valence-corrected chi connectivity index (χ2v) is 7.72. The van der Waals surface area contributed by atoms with E-state index in [1.54, 1.807) is 0 Å². The predicted molar refractivity (Wildman–Crippen MR) is 115 cm³/mol. The Morgan fingerprint density at radius 2 is 1.79 bits per heavy atom. The van der Waals surface area contributed by atoms with Crippen LogP contribution in [0, 0.1) is 0 Å². The minimum absolute atomic E-state index is 0.435. The first-order valence-corrected chi connectivity index (χ1v) is 10.4. The van der Waals surface area contributed by atoms with Gasteiger partial charge in [0.05, 0.1) is 18.9 Å². The average Bonchev–Trinajstić information content (AvgIpc) is 3.02. The highest BCUT2D eigenvalue weighted by atomic mass is 16.5. The number of hydrogen-bond donors (Lipinski definition) is 1. The lowest BCUT2D eigenvalue weighted by atomic mass is 9.86. The molecule has 0 aliphatic carbocycles. The summed E-state index contributed by atoms with van der Waals surface area (Å²) in [6.45, 7) is 5.18. The quantitative estimate of drug-likeness (QED) is 0.745. The van der Waals surface area contributed by atoms with Gasteiger partial charge in [0.1, 0.15) is 0 Å². The van der Waals surface area contributed by atoms with Gasteiger partial charge in [0.25, 0.3) is 0 Å². The van der Waals surface area contributed by atoms with E-state index in [-0.39, 0.29) is 0 Å². The van der Waals surface area contributed by atoms with Crippen LogP contribution in [0.2, 0.25) is 0 Å². The van der Waals surface area contributed by atoms with Gasteiger partial charge in [-0.15, -0.1) is 10.2 Å². The lowest BCUT2D eigenvalue weighted by molar-refractivity contribution is 0.122. The molecule has 1 fully saturated rings. The van der Waals surface area contributed by atoms with Crippen molar-refractivity contribution in [2.75, 3.05) is 37.7 Å². The third-order valence-electron chi connectivity index (χ3n) is 5.93. The van der Waals surface area contributed by atoms with Crippen LogP contribution in [0.25, 0.3) is 11.3 Å². The number of ether oxygens (including phenoxy) is 1. The maximum atomic E-state index is 5.42. The topological polar surface area (TPSA) is 50.3 Å². The van der Waals surface area contributed by atoms with E-state index in [1.165, 1.54) is 16.7 Å². The Hall–Kier alpha value is -2.76. The predicted octanol–water partition coefficient (Wildman–Crippen LogP) is 3.61. The molecule has 5 heteroatoms. The highest BCUT2D eigenvalue weighted by Gasteiger charge is 2.21. The van der Waals surface area contributed by atoms with E-state index in [0.717, 1.165) is 62.9 Å². The second-order valence-electron chi connectivity index (χ2n) is 7.72. The standard InChI is InChI=1S/C24H26N4O/c1-2-4-18(5-3-1)22-10-11-25-17-20-16-19(6-7-21(20)22)23-8-9-24(27-26-23)28-12-14-29-15-13-28/h1-9,16,22,25H,10-15,17H2. The van der Waals surface area contributed by atoms with Gasteiger partial charge in [-0.1, -0.05) is 42.5 Å². The number of hydrogen-bond acceptors (Lipinski definition) is 5. The summed E-state index contributed by atoms with van der Waals surface area (Å²) >= 11 is 0. The third kappa shape index (κ3) is 3.88. The van der Waals surface area contributed by atoms with Crippen LogP contribution >= 0.6 is 0 Å². The minimum atomic E-state index is 0.435. The summed E-state index contributed by atoms with van der Waals surface area (Å²) in [7, 11) is 0. The number of nitrogens with one attached hydrogen (secondary N) is 1. The van der Waals surface area contributed by atoms with Crippen molar-refractivity contribution >= 4 is 5.82 Å². The Morgan fingerprint density at radius 1 is 0.931 bits per heavy atom. The summed E-state index contributed by atoms with van der Waals surface area (Å²) in [6.07, 6.45) is 1.12. The lowest BCUT2D eigenvalue weighted by Gasteiger charge is -2.27. The number of benzene rings is 2. The molecular formula is C24H26N4O. The summed E-state index contributed by atoms with van der Waals surface area (Å²) in [4.78, 5) is 2.23. The van der Waals surface area contributed by atoms with Gasteiger partial charge in [0.2, 0.25) is 0 Å². The largest absolute Gasteiger partial charge is 0.378 e. The van der Waals surface area contributed by atoms with Crippen LogP contribution in [0.3, 0.4) is 0 Å². The summed E-state index contributed by atoms with van der Waals surface area (Å²) in [5.41, 5.74) is 6.21.